The van der Waals surface area contributed by atoms with Crippen molar-refractivity contribution in [2.24, 2.45) is 0 Å². The number of hydrogen-bond acceptors (Lipinski definition) is 4. The molecule has 0 aliphatic carbocycles. The van der Waals surface area contributed by atoms with Gasteiger partial charge in [0.05, 0.1) is 16.1 Å². The average Bonchev–Trinajstić information content (AvgIpc) is 3.03. The quantitative estimate of drug-likeness (QED) is 0.844. The zero-order valence-electron chi connectivity index (χ0n) is 11.9. The zero-order chi connectivity index (χ0) is 16.1. The normalized spacial score (nSPS) is 13.6. The maximum absolute atomic E-state index is 11.9. The molecular formula is C14H16Cl2N4O2. The standard InChI is InChI=1S/C14H16Cl2N4O2/c1-9(20-8-17-7-19-20)14(22)18-5-4-13(21)10-2-3-11(15)12(16)6-10/h2-3,6-9,13,21H,4-5H2,1H3,(H,18,22)/t9-,13+/m1/s1. The summed E-state index contributed by atoms with van der Waals surface area (Å²) in [5.74, 6) is -0.188. The van der Waals surface area contributed by atoms with Gasteiger partial charge in [-0.2, -0.15) is 5.10 Å². The minimum atomic E-state index is -0.725. The van der Waals surface area contributed by atoms with Gasteiger partial charge in [0.15, 0.2) is 0 Å². The number of nitrogens with one attached hydrogen (secondary N) is 1. The molecule has 6 nitrogen and oxygen atoms in total. The van der Waals surface area contributed by atoms with Gasteiger partial charge in [0.2, 0.25) is 5.91 Å². The van der Waals surface area contributed by atoms with Crippen molar-refractivity contribution in [1.82, 2.24) is 20.1 Å². The average molecular weight is 343 g/mol. The maximum Gasteiger partial charge on any atom is 0.244 e. The number of amides is 1. The Morgan fingerprint density at radius 1 is 1.41 bits per heavy atom. The van der Waals surface area contributed by atoms with Crippen LogP contribution in [0, 0.1) is 0 Å². The molecule has 0 bridgehead atoms. The van der Waals surface area contributed by atoms with Crippen LogP contribution in [0.2, 0.25) is 10.0 Å². The topological polar surface area (TPSA) is 80.0 Å². The Kier molecular flexibility index (Phi) is 5.76. The van der Waals surface area contributed by atoms with Crippen molar-refractivity contribution in [2.75, 3.05) is 6.54 Å². The molecule has 0 saturated carbocycles. The molecule has 0 aliphatic rings. The van der Waals surface area contributed by atoms with Crippen LogP contribution in [0.1, 0.15) is 31.1 Å². The second-order valence-corrected chi connectivity index (χ2v) is 5.63. The summed E-state index contributed by atoms with van der Waals surface area (Å²) >= 11 is 11.7. The number of aliphatic hydroxyl groups is 1. The Balaban J connectivity index is 1.82. The van der Waals surface area contributed by atoms with E-state index in [2.05, 4.69) is 15.4 Å². The second kappa shape index (κ2) is 7.58. The van der Waals surface area contributed by atoms with Crippen molar-refractivity contribution in [3.8, 4) is 0 Å². The van der Waals surface area contributed by atoms with E-state index in [1.165, 1.54) is 17.3 Å². The predicted molar refractivity (Wildman–Crippen MR) is 83.8 cm³/mol. The van der Waals surface area contributed by atoms with Crippen molar-refractivity contribution < 1.29 is 9.90 Å². The van der Waals surface area contributed by atoms with Gasteiger partial charge in [-0.1, -0.05) is 29.3 Å². The number of rotatable bonds is 6. The summed E-state index contributed by atoms with van der Waals surface area (Å²) in [5, 5.41) is 17.6. The number of aliphatic hydroxyl groups excluding tert-OH is 1. The van der Waals surface area contributed by atoms with E-state index in [1.807, 2.05) is 0 Å². The van der Waals surface area contributed by atoms with E-state index in [0.29, 0.717) is 28.6 Å². The van der Waals surface area contributed by atoms with E-state index in [-0.39, 0.29) is 5.91 Å². The van der Waals surface area contributed by atoms with Crippen molar-refractivity contribution in [2.45, 2.75) is 25.5 Å². The third-order valence-corrected chi connectivity index (χ3v) is 4.00. The lowest BCUT2D eigenvalue weighted by Gasteiger charge is -2.15. The molecule has 2 N–H and O–H groups in total. The van der Waals surface area contributed by atoms with Crippen LogP contribution in [0.15, 0.2) is 30.9 Å². The van der Waals surface area contributed by atoms with Gasteiger partial charge in [-0.15, -0.1) is 0 Å². The first-order chi connectivity index (χ1) is 10.5. The molecule has 1 heterocycles. The molecule has 0 unspecified atom stereocenters. The maximum atomic E-state index is 11.9. The van der Waals surface area contributed by atoms with Gasteiger partial charge in [-0.25, -0.2) is 9.67 Å². The molecular weight excluding hydrogens is 327 g/mol. The lowest BCUT2D eigenvalue weighted by atomic mass is 10.1. The number of halogens is 2. The van der Waals surface area contributed by atoms with Crippen LogP contribution >= 0.6 is 23.2 Å². The van der Waals surface area contributed by atoms with Crippen LogP contribution < -0.4 is 5.32 Å². The molecule has 8 heteroatoms. The van der Waals surface area contributed by atoms with E-state index in [4.69, 9.17) is 23.2 Å². The smallest absolute Gasteiger partial charge is 0.244 e. The minimum Gasteiger partial charge on any atom is -0.388 e. The van der Waals surface area contributed by atoms with Gasteiger partial charge in [-0.05, 0) is 31.0 Å². The summed E-state index contributed by atoms with van der Waals surface area (Å²) in [4.78, 5) is 15.7. The molecule has 2 rings (SSSR count). The van der Waals surface area contributed by atoms with Crippen LogP contribution in [0.4, 0.5) is 0 Å². The summed E-state index contributed by atoms with van der Waals surface area (Å²) in [6.07, 6.45) is 2.50. The fraction of sp³-hybridized carbons (Fsp3) is 0.357. The Hall–Kier alpha value is -1.63. The molecule has 0 fully saturated rings. The fourth-order valence-electron chi connectivity index (χ4n) is 1.90. The molecule has 0 radical (unpaired) electrons. The number of benzene rings is 1. The predicted octanol–water partition coefficient (Wildman–Crippen LogP) is 2.39. The summed E-state index contributed by atoms with van der Waals surface area (Å²) in [7, 11) is 0. The first kappa shape index (κ1) is 16.7. The van der Waals surface area contributed by atoms with Crippen LogP contribution in [0.25, 0.3) is 0 Å². The Morgan fingerprint density at radius 2 is 2.18 bits per heavy atom. The molecule has 0 aliphatic heterocycles. The highest BCUT2D eigenvalue weighted by molar-refractivity contribution is 6.42. The summed E-state index contributed by atoms with van der Waals surface area (Å²) < 4.78 is 1.46. The molecule has 22 heavy (non-hydrogen) atoms. The molecule has 118 valence electrons. The third kappa shape index (κ3) is 4.19. The molecule has 1 aromatic heterocycles. The SMILES string of the molecule is C[C@H](C(=O)NCC[C@H](O)c1ccc(Cl)c(Cl)c1)n1cncn1. The molecule has 2 atom stereocenters. The van der Waals surface area contributed by atoms with Crippen molar-refractivity contribution in [1.29, 1.82) is 0 Å². The number of nitrogens with zero attached hydrogens (tertiary/aromatic N) is 3. The molecule has 0 spiro atoms. The van der Waals surface area contributed by atoms with Gasteiger partial charge in [0.1, 0.15) is 18.7 Å². The molecule has 2 aromatic rings. The van der Waals surface area contributed by atoms with E-state index in [0.717, 1.165) is 0 Å². The van der Waals surface area contributed by atoms with Crippen molar-refractivity contribution >= 4 is 29.1 Å². The lowest BCUT2D eigenvalue weighted by molar-refractivity contribution is -0.124. The van der Waals surface area contributed by atoms with Gasteiger partial charge in [0, 0.05) is 6.54 Å². The van der Waals surface area contributed by atoms with Crippen LogP contribution in [-0.2, 0) is 4.79 Å². The molecule has 1 aromatic carbocycles. The highest BCUT2D eigenvalue weighted by Crippen LogP contribution is 2.26. The lowest BCUT2D eigenvalue weighted by Crippen LogP contribution is -2.32. The van der Waals surface area contributed by atoms with E-state index >= 15 is 0 Å². The largest absolute Gasteiger partial charge is 0.388 e. The highest BCUT2D eigenvalue weighted by atomic mass is 35.5. The monoisotopic (exact) mass is 342 g/mol. The number of aromatic nitrogens is 3. The summed E-state index contributed by atoms with van der Waals surface area (Å²) in [6, 6.07) is 4.51. The van der Waals surface area contributed by atoms with Gasteiger partial charge >= 0.3 is 0 Å². The van der Waals surface area contributed by atoms with E-state index < -0.39 is 12.1 Å². The number of hydrogen-bond donors (Lipinski definition) is 2. The minimum absolute atomic E-state index is 0.188. The first-order valence-corrected chi connectivity index (χ1v) is 7.49. The van der Waals surface area contributed by atoms with Crippen LogP contribution in [0.5, 0.6) is 0 Å². The molecule has 1 amide bonds. The molecule has 0 saturated heterocycles. The van der Waals surface area contributed by atoms with Gasteiger partial charge < -0.3 is 10.4 Å². The number of carbonyl (C=O) groups is 1. The summed E-state index contributed by atoms with van der Waals surface area (Å²) in [5.41, 5.74) is 0.660. The van der Waals surface area contributed by atoms with Crippen molar-refractivity contribution in [3.05, 3.63) is 46.5 Å². The first-order valence-electron chi connectivity index (χ1n) is 6.74. The Bertz CT molecular complexity index is 634. The Labute approximate surface area is 138 Å². The van der Waals surface area contributed by atoms with Crippen LogP contribution in [-0.4, -0.2) is 32.3 Å². The fourth-order valence-corrected chi connectivity index (χ4v) is 2.21. The number of carbonyl (C=O) groups excluding carboxylic acids is 1. The van der Waals surface area contributed by atoms with E-state index in [9.17, 15) is 9.90 Å². The zero-order valence-corrected chi connectivity index (χ0v) is 13.4. The third-order valence-electron chi connectivity index (χ3n) is 3.26. The van der Waals surface area contributed by atoms with Crippen LogP contribution in [0.3, 0.4) is 0 Å². The van der Waals surface area contributed by atoms with E-state index in [1.54, 1.807) is 25.1 Å². The van der Waals surface area contributed by atoms with Crippen molar-refractivity contribution in [3.63, 3.8) is 0 Å². The van der Waals surface area contributed by atoms with Gasteiger partial charge in [-0.3, -0.25) is 4.79 Å². The Morgan fingerprint density at radius 3 is 2.82 bits per heavy atom. The summed E-state index contributed by atoms with van der Waals surface area (Å²) in [6.45, 7) is 2.05. The highest BCUT2D eigenvalue weighted by Gasteiger charge is 2.16. The van der Waals surface area contributed by atoms with Gasteiger partial charge in [0.25, 0.3) is 0 Å². The second-order valence-electron chi connectivity index (χ2n) is 4.82.